The highest BCUT2D eigenvalue weighted by Crippen LogP contribution is 2.23. The van der Waals surface area contributed by atoms with Gasteiger partial charge in [0.2, 0.25) is 83.1 Å². The van der Waals surface area contributed by atoms with Gasteiger partial charge in [0.1, 0.15) is 91.1 Å². The number of aliphatic hydroxyl groups is 8. The smallest absolute Gasteiger partial charge is 0.326 e. The van der Waals surface area contributed by atoms with Crippen molar-refractivity contribution in [1.82, 2.24) is 68.4 Å². The molecule has 14 amide bonds. The predicted molar refractivity (Wildman–Crippen MR) is 412 cm³/mol. The van der Waals surface area contributed by atoms with E-state index in [1.165, 1.54) is 56.3 Å². The van der Waals surface area contributed by atoms with E-state index in [1.807, 2.05) is 10.6 Å². The third-order valence-corrected chi connectivity index (χ3v) is 19.1. The number of hydrogen-bond donors (Lipinski definition) is 23. The Bertz CT molecular complexity index is 4370. The van der Waals surface area contributed by atoms with Crippen LogP contribution < -0.4 is 79.8 Å². The molecule has 25 N–H and O–H groups in total. The van der Waals surface area contributed by atoms with Gasteiger partial charge in [-0.15, -0.1) is 0 Å². The first kappa shape index (κ1) is 95.7. The van der Waals surface area contributed by atoms with E-state index < -0.39 is 281 Å². The first-order valence-corrected chi connectivity index (χ1v) is 37.7. The Morgan fingerprint density at radius 1 is 0.613 bits per heavy atom. The topological polar surface area (TPSA) is 687 Å². The number of nitrogens with two attached hydrogens (primary N) is 2. The quantitative estimate of drug-likeness (QED) is 0.0197. The van der Waals surface area contributed by atoms with Gasteiger partial charge >= 0.3 is 5.97 Å². The van der Waals surface area contributed by atoms with Crippen LogP contribution in [0.1, 0.15) is 81.0 Å². The van der Waals surface area contributed by atoms with E-state index in [0.717, 1.165) is 28.6 Å². The average Bonchev–Trinajstić information content (AvgIpc) is 1.75. The van der Waals surface area contributed by atoms with Gasteiger partial charge in [0, 0.05) is 36.1 Å². The second kappa shape index (κ2) is 46.1. The minimum Gasteiger partial charge on any atom is -0.480 e. The molecule has 0 unspecified atom stereocenters. The summed E-state index contributed by atoms with van der Waals surface area (Å²) in [6.45, 7) is -2.14. The highest BCUT2D eigenvalue weighted by molar-refractivity contribution is 9.10. The van der Waals surface area contributed by atoms with Gasteiger partial charge in [0.05, 0.1) is 63.6 Å². The molecule has 1 aromatic heterocycles. The van der Waals surface area contributed by atoms with Crippen LogP contribution in [-0.2, 0) is 106 Å². The zero-order valence-electron chi connectivity index (χ0n) is 64.2. The molecule has 19 atom stereocenters. The largest absolute Gasteiger partial charge is 0.480 e. The Morgan fingerprint density at radius 3 is 1.77 bits per heavy atom. The van der Waals surface area contributed by atoms with Crippen LogP contribution in [0.2, 0.25) is 0 Å². The number of carboxylic acid groups (broad SMARTS) is 1. The van der Waals surface area contributed by atoms with E-state index in [2.05, 4.69) is 69.1 Å². The first-order valence-electron chi connectivity index (χ1n) is 36.9. The number of halogens is 1. The van der Waals surface area contributed by atoms with Gasteiger partial charge in [-0.3, -0.25) is 71.9 Å². The van der Waals surface area contributed by atoms with Crippen LogP contribution in [0.5, 0.6) is 0 Å². The molecule has 119 heavy (non-hydrogen) atoms. The number of aliphatic carboxylic acids is 1. The molecule has 0 saturated carbocycles. The second-order valence-corrected chi connectivity index (χ2v) is 28.8. The molecule has 3 heterocycles. The molecule has 6 rings (SSSR count). The molecule has 2 aliphatic rings. The number of hydrogen-bond acceptors (Lipinski definition) is 26. The molecule has 43 nitrogen and oxygen atoms in total. The van der Waals surface area contributed by atoms with Crippen LogP contribution >= 0.6 is 15.9 Å². The highest BCUT2D eigenvalue weighted by Gasteiger charge is 2.43. The normalized spacial score (nSPS) is 25.6. The maximum Gasteiger partial charge on any atom is 0.326 e. The van der Waals surface area contributed by atoms with E-state index in [9.17, 15) is 118 Å². The van der Waals surface area contributed by atoms with Crippen LogP contribution in [0.15, 0.2) is 120 Å². The van der Waals surface area contributed by atoms with Crippen molar-refractivity contribution < 1.29 is 137 Å². The van der Waals surface area contributed by atoms with Crippen molar-refractivity contribution in [3.8, 4) is 0 Å². The maximum atomic E-state index is 15.3. The third kappa shape index (κ3) is 29.2. The van der Waals surface area contributed by atoms with E-state index >= 15 is 9.59 Å². The van der Waals surface area contributed by atoms with Gasteiger partial charge in [0.25, 0.3) is 12.1 Å². The van der Waals surface area contributed by atoms with Crippen LogP contribution in [0.4, 0.5) is 0 Å². The zero-order valence-corrected chi connectivity index (χ0v) is 65.8. The Labute approximate surface area is 686 Å². The van der Waals surface area contributed by atoms with Gasteiger partial charge in [-0.25, -0.2) is 9.36 Å². The molecule has 0 fully saturated rings. The van der Waals surface area contributed by atoms with Gasteiger partial charge in [-0.2, -0.15) is 4.57 Å². The standard InChI is InChI=1S/C75H95BrN16O27/c1-36(14-15-39-10-6-4-7-11-39)20-54(100)46-26-58(104)81-52(32-95)69(111)86-51-29-91-28-43(92(35-91)59(34-97)119-45(30-93)31-94)22-48(66(108)89-61(38(3)98)73(115)87-53(33-96)70(112)83-47(65(107)82-46)21-40-12-8-5-9-13-40)80-57(103)24-44(99)23-50(75(117)118)85-71(113)55(101)27-79-72(114)60(37(2)41-16-18-42(76)19-17-41)88-74(116)62(63(105)64(78)106)90-67(109)49(25-56(77)102)84-68(51)110/h4-20,28,30,34-35,37-38,44-55,59-63,94-96,98-101,105H,21-27,29,31-33H2,1-3H3,(H16-,77,78,79,80,81,82,83,84,85,86,87,88,89,90,102,103,104,106,107,108,109,110,111,112,113,114,115,116,117,118)/p+1/b15-14+,36-20+/t37-,38-,44+,45-,46-,47-,48-,49-,50-,51+,52-,53-,54-,55-,59+,60-,61-,62-,63+/m0/s1. The van der Waals surface area contributed by atoms with Crippen LogP contribution in [-0.4, -0.2) is 281 Å². The molecule has 0 spiro atoms. The number of carbonyl (C=O) groups excluding carboxylic acids is 16. The van der Waals surface area contributed by atoms with Gasteiger partial charge in [0.15, 0.2) is 18.7 Å². The van der Waals surface area contributed by atoms with Crippen molar-refractivity contribution >= 4 is 123 Å². The predicted octanol–water partition coefficient (Wildman–Crippen LogP) is -10.0. The number of aromatic nitrogens is 2. The van der Waals surface area contributed by atoms with E-state index in [0.29, 0.717) is 21.2 Å². The van der Waals surface area contributed by atoms with Crippen molar-refractivity contribution in [2.24, 2.45) is 11.5 Å². The maximum absolute atomic E-state index is 15.3. The van der Waals surface area contributed by atoms with Crippen LogP contribution in [0, 0.1) is 0 Å². The lowest BCUT2D eigenvalue weighted by molar-refractivity contribution is -0.751. The molecule has 0 radical (unpaired) electrons. The summed E-state index contributed by atoms with van der Waals surface area (Å²) in [6.07, 6.45) is -15.1. The Balaban J connectivity index is 1.62. The number of benzene rings is 3. The lowest BCUT2D eigenvalue weighted by atomic mass is 9.92. The van der Waals surface area contributed by atoms with Gasteiger partial charge < -0.3 is 131 Å². The first-order chi connectivity index (χ1) is 56.4. The molecule has 3 aromatic carbocycles. The minimum atomic E-state index is -2.78. The average molecular weight is 1730 g/mol. The lowest BCUT2D eigenvalue weighted by Gasteiger charge is -2.30. The summed E-state index contributed by atoms with van der Waals surface area (Å²) in [5.41, 5.74) is 12.3. The molecule has 4 bridgehead atoms. The lowest BCUT2D eigenvalue weighted by Crippen LogP contribution is -2.64. The highest BCUT2D eigenvalue weighted by atomic mass is 79.9. The van der Waals surface area contributed by atoms with E-state index in [-0.39, 0.29) is 18.1 Å². The number of amides is 14. The minimum absolute atomic E-state index is 0.00101. The summed E-state index contributed by atoms with van der Waals surface area (Å²) in [7, 11) is 0. The van der Waals surface area contributed by atoms with Crippen molar-refractivity contribution in [3.05, 3.63) is 142 Å². The fraction of sp³-hybridized carbons (Fsp3) is 0.440. The molecule has 644 valence electrons. The number of aliphatic hydroxyl groups excluding tert-OH is 8. The molecule has 0 saturated heterocycles. The fourth-order valence-electron chi connectivity index (χ4n) is 12.2. The number of imidazole rings is 1. The van der Waals surface area contributed by atoms with Crippen LogP contribution in [0.3, 0.4) is 0 Å². The molecular weight excluding hydrogens is 1640 g/mol. The zero-order chi connectivity index (χ0) is 88.1. The summed E-state index contributed by atoms with van der Waals surface area (Å²) in [5, 5.41) is 126. The molecule has 4 aromatic rings. The fourth-order valence-corrected chi connectivity index (χ4v) is 12.4. The Kier molecular flexibility index (Phi) is 37.1. The van der Waals surface area contributed by atoms with Gasteiger partial charge in [-0.1, -0.05) is 119 Å². The number of nitrogens with one attached hydrogen (secondary N) is 12. The molecular formula is C75H96BrN16O27+. The molecule has 2 aliphatic heterocycles. The number of primary amides is 2. The van der Waals surface area contributed by atoms with Crippen molar-refractivity contribution in [3.63, 3.8) is 0 Å². The van der Waals surface area contributed by atoms with Gasteiger partial charge in [-0.05, 0) is 42.7 Å². The van der Waals surface area contributed by atoms with Crippen molar-refractivity contribution in [2.75, 3.05) is 26.4 Å². The third-order valence-electron chi connectivity index (χ3n) is 18.6. The monoisotopic (exact) mass is 1730 g/mol. The number of β-amino-alcohol motifs (C(OH)–C–C–N with tert-alkyl or cyclic N) is 1. The van der Waals surface area contributed by atoms with Crippen molar-refractivity contribution in [2.45, 2.75) is 181 Å². The SMILES string of the molecule is CC(/C=C/c1ccccc1)=C\[C@H](O)[C@@H]1CC(=O)N[C@@H](CO)C(=O)N[C@@H]2Cn3cc([n+]([C@@H](C=O)O[C@@H](C=O)CO)c3)C[C@H](NC(=O)C[C@H](O)C[C@@H](C(=O)O)NC(=O)[C@@H](O)CNC(=O)[C@H]([C@@H](C)c3ccc(Br)cc3)NC(=O)[C@H]([C@@H](O)C(N)=O)NC(=O)[C@H](CC(N)=O)NC2=O)C(=O)N[C@@H]([C@H](C)O)C(=O)N[C@@H](CO)C(=O)N[C@@H](Cc2ccccc2)C(=O)N1. The number of nitrogens with zero attached hydrogens (tertiary/aromatic N) is 2. The number of fused-ring (bicyclic) bond motifs is 2. The van der Waals surface area contributed by atoms with Crippen molar-refractivity contribution in [1.29, 1.82) is 0 Å². The summed E-state index contributed by atoms with van der Waals surface area (Å²) in [5.74, 6) is -23.6. The Morgan fingerprint density at radius 2 is 1.18 bits per heavy atom. The van der Waals surface area contributed by atoms with Crippen LogP contribution in [0.25, 0.3) is 6.08 Å². The summed E-state index contributed by atoms with van der Waals surface area (Å²) < 4.78 is 7.75. The molecule has 0 aliphatic carbocycles. The summed E-state index contributed by atoms with van der Waals surface area (Å²) in [6, 6.07) is -1.37. The van der Waals surface area contributed by atoms with E-state index in [4.69, 9.17) is 16.2 Å². The number of rotatable bonds is 22. The number of allylic oxidation sites excluding steroid dienone is 2. The van der Waals surface area contributed by atoms with E-state index in [1.54, 1.807) is 60.7 Å². The molecule has 44 heteroatoms. The number of carboxylic acids is 1. The number of carbonyl (C=O) groups is 17. The second-order valence-electron chi connectivity index (χ2n) is 27.9. The summed E-state index contributed by atoms with van der Waals surface area (Å²) >= 11 is 3.27. The number of ether oxygens (including phenoxy) is 1. The number of aldehydes is 2. The summed E-state index contributed by atoms with van der Waals surface area (Å²) in [4.78, 5) is 239. The Hall–Kier alpha value is -12.1.